The topological polar surface area (TPSA) is 48.0 Å². The SMILES string of the molecule is CCCn1c(CC(C)C)ccc(CN)c1=O. The summed E-state index contributed by atoms with van der Waals surface area (Å²) < 4.78 is 1.88. The summed E-state index contributed by atoms with van der Waals surface area (Å²) in [5.41, 5.74) is 7.47. The van der Waals surface area contributed by atoms with Crippen LogP contribution in [0.2, 0.25) is 0 Å². The van der Waals surface area contributed by atoms with Crippen LogP contribution in [0.25, 0.3) is 0 Å². The molecule has 0 atom stereocenters. The first kappa shape index (κ1) is 13.0. The second-order valence-electron chi connectivity index (χ2n) is 4.61. The normalized spacial score (nSPS) is 11.1. The lowest BCUT2D eigenvalue weighted by atomic mass is 10.1. The van der Waals surface area contributed by atoms with Crippen LogP contribution in [0.4, 0.5) is 0 Å². The van der Waals surface area contributed by atoms with E-state index in [1.54, 1.807) is 0 Å². The lowest BCUT2D eigenvalue weighted by Crippen LogP contribution is -2.28. The summed E-state index contributed by atoms with van der Waals surface area (Å²) in [5.74, 6) is 0.561. The summed E-state index contributed by atoms with van der Waals surface area (Å²) in [6, 6.07) is 3.91. The Labute approximate surface area is 97.3 Å². The van der Waals surface area contributed by atoms with Gasteiger partial charge in [-0.05, 0) is 24.8 Å². The summed E-state index contributed by atoms with van der Waals surface area (Å²) in [6.07, 6.45) is 1.92. The van der Waals surface area contributed by atoms with Gasteiger partial charge in [-0.25, -0.2) is 0 Å². The molecule has 0 saturated carbocycles. The first-order valence-corrected chi connectivity index (χ1v) is 6.01. The number of nitrogens with two attached hydrogens (primary N) is 1. The molecule has 90 valence electrons. The third-order valence-electron chi connectivity index (χ3n) is 2.63. The van der Waals surface area contributed by atoms with E-state index >= 15 is 0 Å². The molecule has 0 spiro atoms. The van der Waals surface area contributed by atoms with Crippen LogP contribution in [0.3, 0.4) is 0 Å². The molecule has 0 saturated heterocycles. The molecule has 3 nitrogen and oxygen atoms in total. The van der Waals surface area contributed by atoms with Gasteiger partial charge in [0.15, 0.2) is 0 Å². The van der Waals surface area contributed by atoms with Crippen LogP contribution in [0.1, 0.15) is 38.4 Å². The Morgan fingerprint density at radius 3 is 2.56 bits per heavy atom. The summed E-state index contributed by atoms with van der Waals surface area (Å²) in [7, 11) is 0. The van der Waals surface area contributed by atoms with Crippen LogP contribution in [-0.4, -0.2) is 4.57 Å². The maximum absolute atomic E-state index is 12.1. The van der Waals surface area contributed by atoms with Crippen molar-refractivity contribution in [2.45, 2.75) is 46.7 Å². The number of aromatic nitrogens is 1. The van der Waals surface area contributed by atoms with Gasteiger partial charge in [-0.15, -0.1) is 0 Å². The zero-order valence-electron chi connectivity index (χ0n) is 10.5. The molecule has 0 aliphatic carbocycles. The molecular formula is C13H22N2O. The van der Waals surface area contributed by atoms with Crippen molar-refractivity contribution in [2.75, 3.05) is 0 Å². The average molecular weight is 222 g/mol. The van der Waals surface area contributed by atoms with E-state index in [9.17, 15) is 4.79 Å². The van der Waals surface area contributed by atoms with E-state index in [-0.39, 0.29) is 5.56 Å². The molecule has 1 heterocycles. The molecular weight excluding hydrogens is 200 g/mol. The van der Waals surface area contributed by atoms with Gasteiger partial charge in [-0.1, -0.05) is 26.8 Å². The molecule has 0 aliphatic rings. The third-order valence-corrected chi connectivity index (χ3v) is 2.63. The van der Waals surface area contributed by atoms with Crippen LogP contribution in [0.15, 0.2) is 16.9 Å². The second-order valence-corrected chi connectivity index (χ2v) is 4.61. The minimum Gasteiger partial charge on any atom is -0.326 e. The van der Waals surface area contributed by atoms with Crippen molar-refractivity contribution in [1.29, 1.82) is 0 Å². The van der Waals surface area contributed by atoms with Crippen LogP contribution >= 0.6 is 0 Å². The predicted molar refractivity (Wildman–Crippen MR) is 67.4 cm³/mol. The van der Waals surface area contributed by atoms with Gasteiger partial charge >= 0.3 is 0 Å². The van der Waals surface area contributed by atoms with Gasteiger partial charge in [0.2, 0.25) is 0 Å². The minimum absolute atomic E-state index is 0.0856. The molecule has 1 aromatic rings. The van der Waals surface area contributed by atoms with Crippen molar-refractivity contribution < 1.29 is 0 Å². The first-order valence-electron chi connectivity index (χ1n) is 6.01. The maximum Gasteiger partial charge on any atom is 0.255 e. The highest BCUT2D eigenvalue weighted by Crippen LogP contribution is 2.08. The van der Waals surface area contributed by atoms with E-state index in [1.165, 1.54) is 0 Å². The fraction of sp³-hybridized carbons (Fsp3) is 0.615. The van der Waals surface area contributed by atoms with Crippen LogP contribution in [0, 0.1) is 5.92 Å². The van der Waals surface area contributed by atoms with Crippen molar-refractivity contribution in [2.24, 2.45) is 11.7 Å². The van der Waals surface area contributed by atoms with Crippen molar-refractivity contribution >= 4 is 0 Å². The minimum atomic E-state index is 0.0856. The number of pyridine rings is 1. The Balaban J connectivity index is 3.17. The number of hydrogen-bond donors (Lipinski definition) is 1. The largest absolute Gasteiger partial charge is 0.326 e. The van der Waals surface area contributed by atoms with E-state index in [0.29, 0.717) is 18.0 Å². The number of hydrogen-bond acceptors (Lipinski definition) is 2. The fourth-order valence-corrected chi connectivity index (χ4v) is 1.88. The lowest BCUT2D eigenvalue weighted by Gasteiger charge is -2.15. The van der Waals surface area contributed by atoms with Crippen LogP contribution in [-0.2, 0) is 19.5 Å². The highest BCUT2D eigenvalue weighted by atomic mass is 16.1. The lowest BCUT2D eigenvalue weighted by molar-refractivity contribution is 0.558. The Hall–Kier alpha value is -1.09. The van der Waals surface area contributed by atoms with Crippen molar-refractivity contribution in [1.82, 2.24) is 4.57 Å². The number of nitrogens with zero attached hydrogens (tertiary/aromatic N) is 1. The molecule has 2 N–H and O–H groups in total. The molecule has 1 rings (SSSR count). The van der Waals surface area contributed by atoms with Gasteiger partial charge in [0.1, 0.15) is 0 Å². The van der Waals surface area contributed by atoms with Crippen LogP contribution in [0.5, 0.6) is 0 Å². The summed E-state index contributed by atoms with van der Waals surface area (Å²) >= 11 is 0. The second kappa shape index (κ2) is 5.85. The Morgan fingerprint density at radius 2 is 2.06 bits per heavy atom. The average Bonchev–Trinajstić information content (AvgIpc) is 2.23. The molecule has 16 heavy (non-hydrogen) atoms. The van der Waals surface area contributed by atoms with E-state index in [1.807, 2.05) is 16.7 Å². The summed E-state index contributed by atoms with van der Waals surface area (Å²) in [5, 5.41) is 0. The quantitative estimate of drug-likeness (QED) is 0.827. The first-order chi connectivity index (χ1) is 7.60. The summed E-state index contributed by atoms with van der Waals surface area (Å²) in [6.45, 7) is 7.52. The third kappa shape index (κ3) is 2.95. The molecule has 0 bridgehead atoms. The fourth-order valence-electron chi connectivity index (χ4n) is 1.88. The van der Waals surface area contributed by atoms with E-state index in [2.05, 4.69) is 20.8 Å². The molecule has 0 amide bonds. The smallest absolute Gasteiger partial charge is 0.255 e. The highest BCUT2D eigenvalue weighted by molar-refractivity contribution is 5.16. The molecule has 3 heteroatoms. The van der Waals surface area contributed by atoms with Crippen molar-refractivity contribution in [3.8, 4) is 0 Å². The Kier molecular flexibility index (Phi) is 4.74. The molecule has 0 radical (unpaired) electrons. The molecule has 0 aliphatic heterocycles. The van der Waals surface area contributed by atoms with Gasteiger partial charge in [-0.3, -0.25) is 4.79 Å². The van der Waals surface area contributed by atoms with E-state index in [0.717, 1.165) is 25.1 Å². The predicted octanol–water partition coefficient (Wildman–Crippen LogP) is 1.92. The van der Waals surface area contributed by atoms with Gasteiger partial charge in [-0.2, -0.15) is 0 Å². The van der Waals surface area contributed by atoms with Crippen molar-refractivity contribution in [3.05, 3.63) is 33.7 Å². The molecule has 1 aromatic heterocycles. The van der Waals surface area contributed by atoms with E-state index < -0.39 is 0 Å². The van der Waals surface area contributed by atoms with Gasteiger partial charge < -0.3 is 10.3 Å². The molecule has 0 aromatic carbocycles. The zero-order chi connectivity index (χ0) is 12.1. The number of rotatable bonds is 5. The van der Waals surface area contributed by atoms with Gasteiger partial charge in [0, 0.05) is 24.3 Å². The monoisotopic (exact) mass is 222 g/mol. The molecule has 0 unspecified atom stereocenters. The molecule has 0 fully saturated rings. The zero-order valence-corrected chi connectivity index (χ0v) is 10.5. The highest BCUT2D eigenvalue weighted by Gasteiger charge is 2.08. The van der Waals surface area contributed by atoms with E-state index in [4.69, 9.17) is 5.73 Å². The Bertz CT molecular complexity index is 393. The van der Waals surface area contributed by atoms with Crippen LogP contribution < -0.4 is 11.3 Å². The van der Waals surface area contributed by atoms with Gasteiger partial charge in [0.25, 0.3) is 5.56 Å². The van der Waals surface area contributed by atoms with Crippen molar-refractivity contribution in [3.63, 3.8) is 0 Å². The van der Waals surface area contributed by atoms with Gasteiger partial charge in [0.05, 0.1) is 0 Å². The standard InChI is InChI=1S/C13H22N2O/c1-4-7-15-12(8-10(2)3)6-5-11(9-14)13(15)16/h5-6,10H,4,7-9,14H2,1-3H3. The summed E-state index contributed by atoms with van der Waals surface area (Å²) in [4.78, 5) is 12.1. The maximum atomic E-state index is 12.1. The Morgan fingerprint density at radius 1 is 1.38 bits per heavy atom.